The Bertz CT molecular complexity index is 664. The molecule has 0 N–H and O–H groups in total. The SMILES string of the molecule is O=C([13C]#Cc1ccc([N+](=O)[O-])cc1)c1ccccc1. The van der Waals surface area contributed by atoms with E-state index in [2.05, 4.69) is 11.8 Å². The number of nitro groups is 1. The third-order valence-electron chi connectivity index (χ3n) is 2.43. The van der Waals surface area contributed by atoms with Crippen LogP contribution in [0.5, 0.6) is 0 Å². The summed E-state index contributed by atoms with van der Waals surface area (Å²) in [6.45, 7) is 0. The highest BCUT2D eigenvalue weighted by Crippen LogP contribution is 2.11. The van der Waals surface area contributed by atoms with Gasteiger partial charge in [0.15, 0.2) is 0 Å². The molecule has 4 heteroatoms. The van der Waals surface area contributed by atoms with Gasteiger partial charge in [-0.05, 0) is 18.1 Å². The smallest absolute Gasteiger partial charge is 0.269 e. The molecule has 0 radical (unpaired) electrons. The predicted molar refractivity (Wildman–Crippen MR) is 70.7 cm³/mol. The molecule has 0 aliphatic heterocycles. The number of carbonyl (C=O) groups is 1. The number of rotatable bonds is 2. The number of benzene rings is 2. The minimum Gasteiger partial charge on any atom is -0.279 e. The topological polar surface area (TPSA) is 60.2 Å². The van der Waals surface area contributed by atoms with E-state index < -0.39 is 4.92 Å². The van der Waals surface area contributed by atoms with Crippen LogP contribution in [0.25, 0.3) is 0 Å². The van der Waals surface area contributed by atoms with Gasteiger partial charge in [-0.2, -0.15) is 0 Å². The molecule has 0 aliphatic carbocycles. The van der Waals surface area contributed by atoms with Crippen molar-refractivity contribution >= 4 is 11.5 Å². The number of hydrogen-bond acceptors (Lipinski definition) is 3. The Balaban J connectivity index is 2.16. The molecule has 0 fully saturated rings. The van der Waals surface area contributed by atoms with Gasteiger partial charge in [-0.1, -0.05) is 36.3 Å². The molecule has 0 aromatic heterocycles. The van der Waals surface area contributed by atoms with Crippen LogP contribution in [-0.4, -0.2) is 10.7 Å². The summed E-state index contributed by atoms with van der Waals surface area (Å²) in [4.78, 5) is 21.7. The number of nitrogens with zero attached hydrogens (tertiary/aromatic N) is 1. The Morgan fingerprint density at radius 1 is 1.00 bits per heavy atom. The van der Waals surface area contributed by atoms with E-state index in [1.54, 1.807) is 24.3 Å². The molecule has 0 atom stereocenters. The molecule has 4 nitrogen and oxygen atoms in total. The Kier molecular flexibility index (Phi) is 3.70. The molecule has 0 aliphatic rings. The summed E-state index contributed by atoms with van der Waals surface area (Å²) in [5.74, 6) is 4.91. The van der Waals surface area contributed by atoms with E-state index in [4.69, 9.17) is 0 Å². The zero-order valence-corrected chi connectivity index (χ0v) is 9.87. The first-order chi connectivity index (χ1) is 9.16. The van der Waals surface area contributed by atoms with Crippen LogP contribution in [0, 0.1) is 22.0 Å². The normalized spacial score (nSPS) is 9.26. The highest BCUT2D eigenvalue weighted by atomic mass is 16.6. The van der Waals surface area contributed by atoms with Crippen LogP contribution in [0.2, 0.25) is 0 Å². The number of non-ortho nitro benzene ring substituents is 1. The van der Waals surface area contributed by atoms with Crippen molar-refractivity contribution in [3.05, 3.63) is 75.8 Å². The molecule has 0 spiro atoms. The molecule has 19 heavy (non-hydrogen) atoms. The average molecular weight is 252 g/mol. The summed E-state index contributed by atoms with van der Waals surface area (Å²) in [6.07, 6.45) is 0. The molecule has 0 heterocycles. The van der Waals surface area contributed by atoms with E-state index in [0.29, 0.717) is 11.1 Å². The third-order valence-corrected chi connectivity index (χ3v) is 2.43. The number of ketones is 1. The van der Waals surface area contributed by atoms with Crippen LogP contribution in [-0.2, 0) is 0 Å². The standard InChI is InChI=1S/C15H9NO3/c17-15(13-4-2-1-3-5-13)11-8-12-6-9-14(10-7-12)16(18)19/h1-7,9-10H/i11+1. The number of Topliss-reactive ketones (excluding diaryl/α,β-unsaturated/α-hetero) is 1. The zero-order chi connectivity index (χ0) is 13.7. The van der Waals surface area contributed by atoms with Gasteiger partial charge in [-0.15, -0.1) is 0 Å². The van der Waals surface area contributed by atoms with Crippen LogP contribution in [0.15, 0.2) is 54.6 Å². The fourth-order valence-electron chi connectivity index (χ4n) is 1.46. The minimum absolute atomic E-state index is 0.0000593. The van der Waals surface area contributed by atoms with Crippen molar-refractivity contribution in [2.75, 3.05) is 0 Å². The molecule has 0 amide bonds. The second-order valence-electron chi connectivity index (χ2n) is 3.75. The lowest BCUT2D eigenvalue weighted by Gasteiger charge is -1.92. The first-order valence-corrected chi connectivity index (χ1v) is 5.52. The van der Waals surface area contributed by atoms with Crippen molar-refractivity contribution < 1.29 is 9.72 Å². The van der Waals surface area contributed by atoms with E-state index >= 15 is 0 Å². The van der Waals surface area contributed by atoms with E-state index in [-0.39, 0.29) is 11.5 Å². The summed E-state index contributed by atoms with van der Waals surface area (Å²) in [6, 6.07) is 14.5. The van der Waals surface area contributed by atoms with E-state index in [1.165, 1.54) is 24.3 Å². The van der Waals surface area contributed by atoms with Crippen molar-refractivity contribution in [1.29, 1.82) is 0 Å². The molecule has 0 unspecified atom stereocenters. The van der Waals surface area contributed by atoms with Gasteiger partial charge in [0.2, 0.25) is 5.78 Å². The van der Waals surface area contributed by atoms with Gasteiger partial charge in [-0.25, -0.2) is 0 Å². The summed E-state index contributed by atoms with van der Waals surface area (Å²) < 4.78 is 0. The molecular weight excluding hydrogens is 243 g/mol. The monoisotopic (exact) mass is 252 g/mol. The average Bonchev–Trinajstić information content (AvgIpc) is 2.46. The second kappa shape index (κ2) is 5.61. The summed E-state index contributed by atoms with van der Waals surface area (Å²) >= 11 is 0. The molecule has 0 saturated carbocycles. The maximum Gasteiger partial charge on any atom is 0.269 e. The van der Waals surface area contributed by atoms with Crippen molar-refractivity contribution in [1.82, 2.24) is 0 Å². The molecule has 0 bridgehead atoms. The van der Waals surface area contributed by atoms with Crippen molar-refractivity contribution in [2.24, 2.45) is 0 Å². The Morgan fingerprint density at radius 3 is 2.21 bits per heavy atom. The molecule has 2 rings (SSSR count). The first kappa shape index (κ1) is 12.5. The van der Waals surface area contributed by atoms with Crippen LogP contribution in [0.1, 0.15) is 15.9 Å². The van der Waals surface area contributed by atoms with Crippen molar-refractivity contribution in [3.63, 3.8) is 0 Å². The van der Waals surface area contributed by atoms with E-state index in [1.807, 2.05) is 6.07 Å². The van der Waals surface area contributed by atoms with E-state index in [9.17, 15) is 14.9 Å². The van der Waals surface area contributed by atoms with Gasteiger partial charge in [0.1, 0.15) is 0 Å². The van der Waals surface area contributed by atoms with Crippen LogP contribution < -0.4 is 0 Å². The fourth-order valence-corrected chi connectivity index (χ4v) is 1.46. The molecule has 2 aromatic carbocycles. The third kappa shape index (κ3) is 3.27. The minimum atomic E-state index is -0.480. The molecular formula is C15H9NO3. The van der Waals surface area contributed by atoms with Crippen LogP contribution >= 0.6 is 0 Å². The predicted octanol–water partition coefficient (Wildman–Crippen LogP) is 2.83. The zero-order valence-electron chi connectivity index (χ0n) is 9.87. The summed E-state index contributed by atoms with van der Waals surface area (Å²) in [5, 5.41) is 10.5. The quantitative estimate of drug-likeness (QED) is 0.271. The first-order valence-electron chi connectivity index (χ1n) is 5.52. The van der Waals surface area contributed by atoms with Crippen LogP contribution in [0.3, 0.4) is 0 Å². The maximum atomic E-state index is 11.7. The Morgan fingerprint density at radius 2 is 1.63 bits per heavy atom. The van der Waals surface area contributed by atoms with Crippen LogP contribution in [0.4, 0.5) is 5.69 Å². The number of carbonyl (C=O) groups excluding carboxylic acids is 1. The summed E-state index contributed by atoms with van der Waals surface area (Å²) in [5.41, 5.74) is 1.09. The molecule has 0 saturated heterocycles. The lowest BCUT2D eigenvalue weighted by Crippen LogP contribution is -1.93. The number of nitro benzene ring substituents is 1. The largest absolute Gasteiger partial charge is 0.279 e. The summed E-state index contributed by atoms with van der Waals surface area (Å²) in [7, 11) is 0. The maximum absolute atomic E-state index is 11.7. The lowest BCUT2D eigenvalue weighted by atomic mass is 10.2. The van der Waals surface area contributed by atoms with Gasteiger partial charge in [0, 0.05) is 23.3 Å². The van der Waals surface area contributed by atoms with E-state index in [0.717, 1.165) is 0 Å². The lowest BCUT2D eigenvalue weighted by molar-refractivity contribution is -0.384. The highest BCUT2D eigenvalue weighted by molar-refractivity contribution is 6.09. The Hall–Kier alpha value is -2.93. The van der Waals surface area contributed by atoms with Crippen molar-refractivity contribution in [3.8, 4) is 11.8 Å². The van der Waals surface area contributed by atoms with Crippen molar-refractivity contribution in [2.45, 2.75) is 0 Å². The second-order valence-corrected chi connectivity index (χ2v) is 3.75. The fraction of sp³-hybridized carbons (Fsp3) is 0. The molecule has 2 aromatic rings. The van der Waals surface area contributed by atoms with Gasteiger partial charge in [0.05, 0.1) is 4.92 Å². The van der Waals surface area contributed by atoms with Gasteiger partial charge >= 0.3 is 0 Å². The van der Waals surface area contributed by atoms with Gasteiger partial charge in [-0.3, -0.25) is 14.9 Å². The number of hydrogen-bond donors (Lipinski definition) is 0. The Labute approximate surface area is 109 Å². The van der Waals surface area contributed by atoms with Gasteiger partial charge < -0.3 is 0 Å². The van der Waals surface area contributed by atoms with Gasteiger partial charge in [0.25, 0.3) is 5.69 Å². The molecule has 92 valence electrons. The highest BCUT2D eigenvalue weighted by Gasteiger charge is 2.03.